The Bertz CT molecular complexity index is 596. The van der Waals surface area contributed by atoms with Gasteiger partial charge in [0.05, 0.1) is 29.1 Å². The van der Waals surface area contributed by atoms with Crippen molar-refractivity contribution in [1.82, 2.24) is 14.1 Å². The first-order valence-corrected chi connectivity index (χ1v) is 7.28. The summed E-state index contributed by atoms with van der Waals surface area (Å²) in [4.78, 5) is 4.17. The van der Waals surface area contributed by atoms with E-state index >= 15 is 0 Å². The predicted molar refractivity (Wildman–Crippen MR) is 74.9 cm³/mol. The number of hydrogen-bond donors (Lipinski definition) is 1. The van der Waals surface area contributed by atoms with Gasteiger partial charge in [0, 0.05) is 17.6 Å². The Morgan fingerprint density at radius 2 is 2.21 bits per heavy atom. The molecule has 1 atom stereocenters. The van der Waals surface area contributed by atoms with Crippen LogP contribution in [0.4, 0.5) is 4.39 Å². The Hall–Kier alpha value is -0.820. The van der Waals surface area contributed by atoms with Crippen LogP contribution >= 0.6 is 11.6 Å². The van der Waals surface area contributed by atoms with Crippen LogP contribution in [-0.2, 0) is 17.9 Å². The third kappa shape index (κ3) is 3.20. The van der Waals surface area contributed by atoms with Crippen LogP contribution in [-0.4, -0.2) is 18.7 Å². The van der Waals surface area contributed by atoms with Gasteiger partial charge in [0.15, 0.2) is 5.82 Å². The molecule has 2 heterocycles. The van der Waals surface area contributed by atoms with Crippen molar-refractivity contribution < 1.29 is 8.94 Å². The molecule has 2 rings (SSSR count). The SMILES string of the molecule is CC(C)(C)[S+]([O-])NCc1ncn2cc(F)c(Cl)cc12. The molecule has 0 amide bonds. The molecule has 0 bridgehead atoms. The zero-order chi connectivity index (χ0) is 14.2. The Labute approximate surface area is 119 Å². The van der Waals surface area contributed by atoms with E-state index in [0.29, 0.717) is 17.8 Å². The Balaban J connectivity index is 2.20. The third-order valence-electron chi connectivity index (χ3n) is 2.58. The van der Waals surface area contributed by atoms with Crippen molar-refractivity contribution in [2.24, 2.45) is 0 Å². The summed E-state index contributed by atoms with van der Waals surface area (Å²) in [5.41, 5.74) is 1.38. The molecule has 0 aliphatic carbocycles. The average Bonchev–Trinajstić information content (AvgIpc) is 2.68. The number of aromatic nitrogens is 2. The number of nitrogens with zero attached hydrogens (tertiary/aromatic N) is 2. The molecule has 0 fully saturated rings. The molecule has 0 saturated heterocycles. The highest BCUT2D eigenvalue weighted by molar-refractivity contribution is 7.90. The van der Waals surface area contributed by atoms with Crippen LogP contribution in [0.15, 0.2) is 18.6 Å². The van der Waals surface area contributed by atoms with Crippen molar-refractivity contribution in [2.45, 2.75) is 32.1 Å². The maximum absolute atomic E-state index is 13.3. The van der Waals surface area contributed by atoms with Gasteiger partial charge in [-0.1, -0.05) is 11.6 Å². The van der Waals surface area contributed by atoms with Crippen LogP contribution in [0, 0.1) is 5.82 Å². The Morgan fingerprint density at radius 3 is 2.84 bits per heavy atom. The van der Waals surface area contributed by atoms with Gasteiger partial charge in [-0.2, -0.15) is 0 Å². The molecule has 0 aromatic carbocycles. The topological polar surface area (TPSA) is 52.4 Å². The highest BCUT2D eigenvalue weighted by atomic mass is 35.5. The standard InChI is InChI=1S/C12H15ClFN3OS/c1-12(2,3)19(18)16-5-10-11-4-8(13)9(14)6-17(11)7-15-10/h4,6-7,16H,5H2,1-3H3. The van der Waals surface area contributed by atoms with Gasteiger partial charge in [0.1, 0.15) is 4.75 Å². The monoisotopic (exact) mass is 303 g/mol. The maximum Gasteiger partial charge on any atom is 0.158 e. The van der Waals surface area contributed by atoms with E-state index in [0.717, 1.165) is 0 Å². The zero-order valence-corrected chi connectivity index (χ0v) is 12.5. The molecular weight excluding hydrogens is 289 g/mol. The van der Waals surface area contributed by atoms with Gasteiger partial charge >= 0.3 is 0 Å². The summed E-state index contributed by atoms with van der Waals surface area (Å²) < 4.78 is 29.3. The summed E-state index contributed by atoms with van der Waals surface area (Å²) in [6.07, 6.45) is 2.78. The Kier molecular flexibility index (Phi) is 4.06. The summed E-state index contributed by atoms with van der Waals surface area (Å²) in [6.45, 7) is 5.98. The minimum atomic E-state index is -1.18. The van der Waals surface area contributed by atoms with E-state index in [4.69, 9.17) is 11.6 Å². The molecule has 2 aromatic rings. The molecule has 4 nitrogen and oxygen atoms in total. The highest BCUT2D eigenvalue weighted by Gasteiger charge is 2.26. The first-order valence-electron chi connectivity index (χ1n) is 5.75. The quantitative estimate of drug-likeness (QED) is 0.887. The molecule has 19 heavy (non-hydrogen) atoms. The fourth-order valence-corrected chi connectivity index (χ4v) is 2.38. The van der Waals surface area contributed by atoms with Gasteiger partial charge in [0.2, 0.25) is 0 Å². The first kappa shape index (κ1) is 14.6. The van der Waals surface area contributed by atoms with Crippen molar-refractivity contribution in [3.05, 3.63) is 35.1 Å². The van der Waals surface area contributed by atoms with Crippen molar-refractivity contribution in [1.29, 1.82) is 0 Å². The van der Waals surface area contributed by atoms with E-state index < -0.39 is 17.2 Å². The van der Waals surface area contributed by atoms with Crippen molar-refractivity contribution >= 4 is 28.5 Å². The first-order chi connectivity index (χ1) is 8.79. The average molecular weight is 304 g/mol. The van der Waals surface area contributed by atoms with Crippen LogP contribution < -0.4 is 4.72 Å². The number of nitrogens with one attached hydrogen (secondary N) is 1. The van der Waals surface area contributed by atoms with E-state index in [-0.39, 0.29) is 9.77 Å². The van der Waals surface area contributed by atoms with E-state index in [9.17, 15) is 8.94 Å². The highest BCUT2D eigenvalue weighted by Crippen LogP contribution is 2.20. The summed E-state index contributed by atoms with van der Waals surface area (Å²) in [6, 6.07) is 1.51. The van der Waals surface area contributed by atoms with Gasteiger partial charge in [-0.3, -0.25) is 0 Å². The second-order valence-electron chi connectivity index (χ2n) is 5.16. The number of halogens is 2. The molecule has 104 valence electrons. The smallest absolute Gasteiger partial charge is 0.158 e. The molecule has 0 saturated carbocycles. The number of rotatable bonds is 3. The van der Waals surface area contributed by atoms with E-state index in [1.165, 1.54) is 18.6 Å². The summed E-state index contributed by atoms with van der Waals surface area (Å²) in [5, 5.41) is 0.0474. The maximum atomic E-state index is 13.3. The fraction of sp³-hybridized carbons (Fsp3) is 0.417. The lowest BCUT2D eigenvalue weighted by molar-refractivity contribution is 0.543. The van der Waals surface area contributed by atoms with Crippen LogP contribution in [0.25, 0.3) is 5.52 Å². The summed E-state index contributed by atoms with van der Waals surface area (Å²) in [5.74, 6) is -0.496. The van der Waals surface area contributed by atoms with E-state index in [1.54, 1.807) is 4.40 Å². The van der Waals surface area contributed by atoms with Gasteiger partial charge in [0.25, 0.3) is 0 Å². The summed E-state index contributed by atoms with van der Waals surface area (Å²) in [7, 11) is 0. The number of fused-ring (bicyclic) bond motifs is 1. The normalized spacial score (nSPS) is 14.0. The second kappa shape index (κ2) is 5.28. The molecule has 7 heteroatoms. The lowest BCUT2D eigenvalue weighted by Gasteiger charge is -2.23. The van der Waals surface area contributed by atoms with Crippen LogP contribution in [0.2, 0.25) is 5.02 Å². The lowest BCUT2D eigenvalue weighted by atomic mass is 10.3. The number of pyridine rings is 1. The van der Waals surface area contributed by atoms with Crippen molar-refractivity contribution in [2.75, 3.05) is 0 Å². The largest absolute Gasteiger partial charge is 0.598 e. The lowest BCUT2D eigenvalue weighted by Crippen LogP contribution is -2.39. The van der Waals surface area contributed by atoms with Crippen LogP contribution in [0.1, 0.15) is 26.5 Å². The molecule has 1 unspecified atom stereocenters. The van der Waals surface area contributed by atoms with Gasteiger partial charge in [-0.05, 0) is 26.8 Å². The second-order valence-corrected chi connectivity index (χ2v) is 7.61. The van der Waals surface area contributed by atoms with Gasteiger partial charge in [-0.15, -0.1) is 4.72 Å². The molecule has 0 radical (unpaired) electrons. The minimum absolute atomic E-state index is 0.0474. The molecule has 0 aliphatic heterocycles. The number of hydrogen-bond acceptors (Lipinski definition) is 3. The van der Waals surface area contributed by atoms with Crippen LogP contribution in [0.3, 0.4) is 0 Å². The van der Waals surface area contributed by atoms with Gasteiger partial charge < -0.3 is 8.95 Å². The summed E-state index contributed by atoms with van der Waals surface area (Å²) >= 11 is 4.57. The van der Waals surface area contributed by atoms with E-state index in [2.05, 4.69) is 9.71 Å². The van der Waals surface area contributed by atoms with E-state index in [1.807, 2.05) is 20.8 Å². The van der Waals surface area contributed by atoms with Gasteiger partial charge in [-0.25, -0.2) is 9.37 Å². The molecule has 2 aromatic heterocycles. The van der Waals surface area contributed by atoms with Crippen molar-refractivity contribution in [3.8, 4) is 0 Å². The molecular formula is C12H15ClFN3OS. The molecule has 0 spiro atoms. The van der Waals surface area contributed by atoms with Crippen LogP contribution in [0.5, 0.6) is 0 Å². The predicted octanol–water partition coefficient (Wildman–Crippen LogP) is 2.68. The number of imidazole rings is 1. The molecule has 1 N–H and O–H groups in total. The third-order valence-corrected chi connectivity index (χ3v) is 4.39. The molecule has 0 aliphatic rings. The Morgan fingerprint density at radius 1 is 1.53 bits per heavy atom. The van der Waals surface area contributed by atoms with Crippen molar-refractivity contribution in [3.63, 3.8) is 0 Å². The fourth-order valence-electron chi connectivity index (χ4n) is 1.53. The minimum Gasteiger partial charge on any atom is -0.598 e. The zero-order valence-electron chi connectivity index (χ0n) is 10.9.